The molecular weight excluding hydrogens is 380 g/mol. The normalized spacial score (nSPS) is 15.3. The summed E-state index contributed by atoms with van der Waals surface area (Å²) >= 11 is 0. The number of fused-ring (bicyclic) bond motifs is 3. The fourth-order valence-corrected chi connectivity index (χ4v) is 4.45. The zero-order valence-electron chi connectivity index (χ0n) is 17.4. The van der Waals surface area contributed by atoms with Gasteiger partial charge in [-0.25, -0.2) is 0 Å². The van der Waals surface area contributed by atoms with E-state index in [4.69, 9.17) is 14.2 Å². The van der Waals surface area contributed by atoms with Gasteiger partial charge in [0.2, 0.25) is 0 Å². The van der Waals surface area contributed by atoms with E-state index in [0.717, 1.165) is 77.1 Å². The first-order chi connectivity index (χ1) is 14.5. The molecule has 1 saturated heterocycles. The summed E-state index contributed by atoms with van der Waals surface area (Å²) < 4.78 is 13.2. The molecule has 0 bridgehead atoms. The highest BCUT2D eigenvalue weighted by Crippen LogP contribution is 2.34. The second-order valence-corrected chi connectivity index (χ2v) is 8.10. The van der Waals surface area contributed by atoms with Crippen molar-refractivity contribution in [2.75, 3.05) is 13.2 Å². The number of rotatable bonds is 4. The maximum atomic E-state index is 12.0. The zero-order valence-corrected chi connectivity index (χ0v) is 17.4. The molecule has 0 spiro atoms. The minimum Gasteiger partial charge on any atom is -0.381 e. The number of nitrogens with zero attached hydrogens (tertiary/aromatic N) is 4. The molecule has 30 heavy (non-hydrogen) atoms. The van der Waals surface area contributed by atoms with Crippen LogP contribution in [0.1, 0.15) is 41.7 Å². The Balaban J connectivity index is 1.74. The predicted molar refractivity (Wildman–Crippen MR) is 114 cm³/mol. The van der Waals surface area contributed by atoms with Crippen LogP contribution in [0, 0.1) is 19.8 Å². The molecule has 1 fully saturated rings. The van der Waals surface area contributed by atoms with Crippen LogP contribution in [-0.2, 0) is 11.3 Å². The van der Waals surface area contributed by atoms with Crippen molar-refractivity contribution in [2.24, 2.45) is 5.92 Å². The third kappa shape index (κ3) is 3.10. The van der Waals surface area contributed by atoms with Crippen molar-refractivity contribution in [1.82, 2.24) is 19.7 Å². The summed E-state index contributed by atoms with van der Waals surface area (Å²) in [5, 5.41) is 5.06. The number of ketones is 1. The topological polar surface area (TPSA) is 83.0 Å². The van der Waals surface area contributed by atoms with Crippen molar-refractivity contribution in [1.29, 1.82) is 0 Å². The molecule has 4 aromatic heterocycles. The molecule has 5 heterocycles. The summed E-state index contributed by atoms with van der Waals surface area (Å²) in [6.07, 6.45) is 5.70. The molecule has 0 aromatic carbocycles. The third-order valence-electron chi connectivity index (χ3n) is 6.05. The van der Waals surface area contributed by atoms with Crippen LogP contribution in [0.25, 0.3) is 33.1 Å². The van der Waals surface area contributed by atoms with Crippen LogP contribution in [0.4, 0.5) is 0 Å². The molecule has 0 atom stereocenters. The first kappa shape index (κ1) is 18.9. The molecular formula is C23H24N4O3. The van der Waals surface area contributed by atoms with Gasteiger partial charge in [0.1, 0.15) is 11.5 Å². The molecule has 7 nitrogen and oxygen atoms in total. The number of ether oxygens (including phenoxy) is 1. The molecule has 0 amide bonds. The average Bonchev–Trinajstić information content (AvgIpc) is 3.25. The van der Waals surface area contributed by atoms with Crippen LogP contribution in [0.2, 0.25) is 0 Å². The fraction of sp³-hybridized carbons (Fsp3) is 0.391. The Morgan fingerprint density at radius 2 is 1.93 bits per heavy atom. The maximum absolute atomic E-state index is 12.0. The van der Waals surface area contributed by atoms with E-state index in [1.165, 1.54) is 0 Å². The molecule has 5 rings (SSSR count). The highest BCUT2D eigenvalue weighted by atomic mass is 16.5. The van der Waals surface area contributed by atoms with Crippen LogP contribution in [0.3, 0.4) is 0 Å². The van der Waals surface area contributed by atoms with Crippen LogP contribution >= 0.6 is 0 Å². The second kappa shape index (κ2) is 7.32. The number of pyridine rings is 2. The first-order valence-corrected chi connectivity index (χ1v) is 10.3. The van der Waals surface area contributed by atoms with Gasteiger partial charge in [0, 0.05) is 55.6 Å². The largest absolute Gasteiger partial charge is 0.381 e. The second-order valence-electron chi connectivity index (χ2n) is 8.10. The number of aryl methyl sites for hydroxylation is 2. The summed E-state index contributed by atoms with van der Waals surface area (Å²) in [6, 6.07) is 4.05. The summed E-state index contributed by atoms with van der Waals surface area (Å²) in [7, 11) is 0. The molecule has 1 aliphatic rings. The Morgan fingerprint density at radius 1 is 1.13 bits per heavy atom. The Kier molecular flexibility index (Phi) is 4.62. The number of carbonyl (C=O) groups is 1. The third-order valence-corrected chi connectivity index (χ3v) is 6.05. The summed E-state index contributed by atoms with van der Waals surface area (Å²) in [5.74, 6) is 1.26. The molecule has 0 saturated carbocycles. The van der Waals surface area contributed by atoms with Gasteiger partial charge in [0.15, 0.2) is 5.78 Å². The summed E-state index contributed by atoms with van der Waals surface area (Å²) in [6.45, 7) is 7.86. The minimum atomic E-state index is -0.0378. The number of aromatic nitrogens is 4. The van der Waals surface area contributed by atoms with Crippen LogP contribution in [0.15, 0.2) is 29.0 Å². The Morgan fingerprint density at radius 3 is 2.63 bits per heavy atom. The van der Waals surface area contributed by atoms with Crippen molar-refractivity contribution < 1.29 is 14.1 Å². The van der Waals surface area contributed by atoms with E-state index in [2.05, 4.69) is 20.8 Å². The average molecular weight is 404 g/mol. The van der Waals surface area contributed by atoms with Gasteiger partial charge in [0.25, 0.3) is 0 Å². The van der Waals surface area contributed by atoms with Crippen LogP contribution in [-0.4, -0.2) is 38.7 Å². The van der Waals surface area contributed by atoms with E-state index in [-0.39, 0.29) is 5.78 Å². The van der Waals surface area contributed by atoms with Crippen molar-refractivity contribution >= 4 is 27.7 Å². The first-order valence-electron chi connectivity index (χ1n) is 10.3. The van der Waals surface area contributed by atoms with Gasteiger partial charge in [-0.3, -0.25) is 14.8 Å². The predicted octanol–water partition coefficient (Wildman–Crippen LogP) is 4.49. The van der Waals surface area contributed by atoms with Crippen molar-refractivity contribution in [3.05, 3.63) is 41.7 Å². The number of carbonyl (C=O) groups excluding carboxylic acids is 1. The molecule has 154 valence electrons. The molecule has 0 radical (unpaired) electrons. The van der Waals surface area contributed by atoms with Crippen LogP contribution in [0.5, 0.6) is 0 Å². The standard InChI is InChI=1S/C23H24N4O3/c1-13-22(15(3)30-26-13)17-8-21-23(25-10-17)18-11-24-19(14(2)28)9-20(18)27(21)12-16-4-6-29-7-5-16/h8-11,16H,4-7,12H2,1-3H3. The molecule has 0 aliphatic carbocycles. The van der Waals surface area contributed by atoms with Gasteiger partial charge in [-0.2, -0.15) is 0 Å². The van der Waals surface area contributed by atoms with Gasteiger partial charge in [-0.15, -0.1) is 0 Å². The molecule has 1 aliphatic heterocycles. The molecule has 0 unspecified atom stereocenters. The van der Waals surface area contributed by atoms with E-state index in [9.17, 15) is 4.79 Å². The molecule has 0 N–H and O–H groups in total. The van der Waals surface area contributed by atoms with Crippen LogP contribution < -0.4 is 0 Å². The van der Waals surface area contributed by atoms with E-state index < -0.39 is 0 Å². The highest BCUT2D eigenvalue weighted by Gasteiger charge is 2.21. The molecule has 4 aromatic rings. The fourth-order valence-electron chi connectivity index (χ4n) is 4.45. The van der Waals surface area contributed by atoms with Crippen molar-refractivity contribution in [2.45, 2.75) is 40.2 Å². The van der Waals surface area contributed by atoms with E-state index in [1.54, 1.807) is 13.1 Å². The lowest BCUT2D eigenvalue weighted by molar-refractivity contribution is 0.0620. The van der Waals surface area contributed by atoms with Gasteiger partial charge >= 0.3 is 0 Å². The Hall–Kier alpha value is -3.06. The van der Waals surface area contributed by atoms with Gasteiger partial charge in [-0.1, -0.05) is 5.16 Å². The van der Waals surface area contributed by atoms with Gasteiger partial charge < -0.3 is 13.8 Å². The number of hydrogen-bond donors (Lipinski definition) is 0. The van der Waals surface area contributed by atoms with E-state index in [1.807, 2.05) is 26.1 Å². The smallest absolute Gasteiger partial charge is 0.178 e. The Labute approximate surface area is 174 Å². The number of Topliss-reactive ketones (excluding diaryl/α,β-unsaturated/α-hetero) is 1. The maximum Gasteiger partial charge on any atom is 0.178 e. The SMILES string of the molecule is CC(=O)c1cc2c(cn1)c1ncc(-c3c(C)noc3C)cc1n2CC1CCOCC1. The monoisotopic (exact) mass is 404 g/mol. The minimum absolute atomic E-state index is 0.0378. The van der Waals surface area contributed by atoms with E-state index >= 15 is 0 Å². The lowest BCUT2D eigenvalue weighted by Crippen LogP contribution is -2.20. The zero-order chi connectivity index (χ0) is 20.8. The van der Waals surface area contributed by atoms with Crippen molar-refractivity contribution in [3.8, 4) is 11.1 Å². The number of hydrogen-bond acceptors (Lipinski definition) is 6. The summed E-state index contributed by atoms with van der Waals surface area (Å²) in [5.41, 5.74) is 6.22. The lowest BCUT2D eigenvalue weighted by atomic mass is 10.00. The van der Waals surface area contributed by atoms with Crippen molar-refractivity contribution in [3.63, 3.8) is 0 Å². The quantitative estimate of drug-likeness (QED) is 0.466. The van der Waals surface area contributed by atoms with Gasteiger partial charge in [0.05, 0.1) is 22.2 Å². The highest BCUT2D eigenvalue weighted by molar-refractivity contribution is 6.08. The Bertz CT molecular complexity index is 1250. The summed E-state index contributed by atoms with van der Waals surface area (Å²) in [4.78, 5) is 21.1. The van der Waals surface area contributed by atoms with E-state index in [0.29, 0.717) is 11.6 Å². The van der Waals surface area contributed by atoms with Gasteiger partial charge in [-0.05, 0) is 44.7 Å². The lowest BCUT2D eigenvalue weighted by Gasteiger charge is -2.23. The molecule has 7 heteroatoms.